The molecule has 1 aromatic rings. The van der Waals surface area contributed by atoms with Crippen LogP contribution in [0.15, 0.2) is 18.5 Å². The SMILES string of the molecule is O=C(CCCn1cccn1)N1CCC2(CC1)OCCC[C@@H]2O. The third kappa shape index (κ3) is 3.33. The third-order valence-corrected chi connectivity index (χ3v) is 4.92. The van der Waals surface area contributed by atoms with Crippen LogP contribution in [0.25, 0.3) is 0 Å². The number of aliphatic hydroxyl groups excluding tert-OH is 1. The number of amides is 1. The number of aromatic nitrogens is 2. The van der Waals surface area contributed by atoms with Crippen molar-refractivity contribution in [1.29, 1.82) is 0 Å². The van der Waals surface area contributed by atoms with E-state index < -0.39 is 5.60 Å². The fraction of sp³-hybridized carbons (Fsp3) is 0.750. The van der Waals surface area contributed by atoms with Crippen molar-refractivity contribution in [3.05, 3.63) is 18.5 Å². The van der Waals surface area contributed by atoms with Crippen LogP contribution in [0.3, 0.4) is 0 Å². The summed E-state index contributed by atoms with van der Waals surface area (Å²) in [6.45, 7) is 2.89. The molecule has 6 heteroatoms. The lowest BCUT2D eigenvalue weighted by molar-refractivity contribution is -0.179. The molecule has 1 atom stereocenters. The van der Waals surface area contributed by atoms with Gasteiger partial charge in [0.15, 0.2) is 0 Å². The molecule has 1 aromatic heterocycles. The summed E-state index contributed by atoms with van der Waals surface area (Å²) >= 11 is 0. The van der Waals surface area contributed by atoms with E-state index in [1.54, 1.807) is 6.20 Å². The summed E-state index contributed by atoms with van der Waals surface area (Å²) in [5, 5.41) is 14.4. The molecule has 1 amide bonds. The standard InChI is InChI=1S/C16H25N3O3/c20-14-4-2-13-22-16(14)6-11-18(12-7-16)15(21)5-1-9-19-10-3-8-17-19/h3,8,10,14,20H,1-2,4-7,9,11-13H2/t14-/m0/s1. The van der Waals surface area contributed by atoms with E-state index in [2.05, 4.69) is 5.10 Å². The molecule has 2 aliphatic rings. The van der Waals surface area contributed by atoms with E-state index in [1.807, 2.05) is 21.8 Å². The molecule has 1 N–H and O–H groups in total. The van der Waals surface area contributed by atoms with Crippen LogP contribution in [0.5, 0.6) is 0 Å². The van der Waals surface area contributed by atoms with Gasteiger partial charge < -0.3 is 14.7 Å². The van der Waals surface area contributed by atoms with Gasteiger partial charge in [0.25, 0.3) is 0 Å². The number of likely N-dealkylation sites (tertiary alicyclic amines) is 1. The highest BCUT2D eigenvalue weighted by atomic mass is 16.5. The quantitative estimate of drug-likeness (QED) is 0.907. The van der Waals surface area contributed by atoms with Crippen molar-refractivity contribution in [2.45, 2.75) is 56.8 Å². The maximum atomic E-state index is 12.3. The van der Waals surface area contributed by atoms with Gasteiger partial charge in [0.2, 0.25) is 5.91 Å². The molecule has 0 unspecified atom stereocenters. The molecule has 2 aliphatic heterocycles. The van der Waals surface area contributed by atoms with Crippen molar-refractivity contribution in [3.8, 4) is 0 Å². The summed E-state index contributed by atoms with van der Waals surface area (Å²) in [4.78, 5) is 14.2. The lowest BCUT2D eigenvalue weighted by atomic mass is 9.82. The zero-order valence-corrected chi connectivity index (χ0v) is 13.0. The van der Waals surface area contributed by atoms with Gasteiger partial charge in [0.05, 0.1) is 11.7 Å². The summed E-state index contributed by atoms with van der Waals surface area (Å²) in [5.74, 6) is 0.201. The van der Waals surface area contributed by atoms with E-state index in [9.17, 15) is 9.90 Å². The van der Waals surface area contributed by atoms with Crippen LogP contribution < -0.4 is 0 Å². The third-order valence-electron chi connectivity index (χ3n) is 4.92. The van der Waals surface area contributed by atoms with Gasteiger partial charge in [-0.2, -0.15) is 5.10 Å². The van der Waals surface area contributed by atoms with Crippen molar-refractivity contribution >= 4 is 5.91 Å². The van der Waals surface area contributed by atoms with Crippen LogP contribution in [-0.4, -0.2) is 57.1 Å². The van der Waals surface area contributed by atoms with Gasteiger partial charge in [-0.05, 0) is 38.2 Å². The van der Waals surface area contributed by atoms with Crippen molar-refractivity contribution in [2.24, 2.45) is 0 Å². The number of aliphatic hydroxyl groups is 1. The Morgan fingerprint density at radius 1 is 1.41 bits per heavy atom. The molecule has 0 bridgehead atoms. The van der Waals surface area contributed by atoms with Crippen molar-refractivity contribution in [3.63, 3.8) is 0 Å². The predicted molar refractivity (Wildman–Crippen MR) is 81.2 cm³/mol. The molecule has 3 heterocycles. The summed E-state index contributed by atoms with van der Waals surface area (Å²) in [6, 6.07) is 1.89. The van der Waals surface area contributed by atoms with Crippen molar-refractivity contribution in [2.75, 3.05) is 19.7 Å². The highest BCUT2D eigenvalue weighted by molar-refractivity contribution is 5.76. The number of carbonyl (C=O) groups excluding carboxylic acids is 1. The average molecular weight is 307 g/mol. The molecule has 1 spiro atoms. The van der Waals surface area contributed by atoms with Crippen LogP contribution in [0.2, 0.25) is 0 Å². The Bertz CT molecular complexity index is 481. The Labute approximate surface area is 131 Å². The normalized spacial score (nSPS) is 24.6. The van der Waals surface area contributed by atoms with Crippen molar-refractivity contribution < 1.29 is 14.6 Å². The first-order valence-electron chi connectivity index (χ1n) is 8.27. The van der Waals surface area contributed by atoms with Gasteiger partial charge in [0.1, 0.15) is 0 Å². The summed E-state index contributed by atoms with van der Waals surface area (Å²) in [7, 11) is 0. The first-order chi connectivity index (χ1) is 10.7. The Morgan fingerprint density at radius 2 is 2.23 bits per heavy atom. The molecule has 0 aromatic carbocycles. The second-order valence-corrected chi connectivity index (χ2v) is 6.32. The zero-order chi connectivity index (χ0) is 15.4. The first-order valence-corrected chi connectivity index (χ1v) is 8.27. The average Bonchev–Trinajstić information content (AvgIpc) is 3.04. The topological polar surface area (TPSA) is 67.6 Å². The van der Waals surface area contributed by atoms with Gasteiger partial charge in [-0.15, -0.1) is 0 Å². The van der Waals surface area contributed by atoms with E-state index in [0.717, 1.165) is 45.3 Å². The predicted octanol–water partition coefficient (Wildman–Crippen LogP) is 1.20. The number of piperidine rings is 1. The van der Waals surface area contributed by atoms with Gasteiger partial charge in [-0.3, -0.25) is 9.48 Å². The monoisotopic (exact) mass is 307 g/mol. The van der Waals surface area contributed by atoms with E-state index in [4.69, 9.17) is 4.74 Å². The summed E-state index contributed by atoms with van der Waals surface area (Å²) in [6.07, 6.45) is 7.89. The van der Waals surface area contributed by atoms with Gasteiger partial charge in [0, 0.05) is 45.1 Å². The van der Waals surface area contributed by atoms with Crippen LogP contribution >= 0.6 is 0 Å². The zero-order valence-electron chi connectivity index (χ0n) is 13.0. The number of nitrogens with zero attached hydrogens (tertiary/aromatic N) is 3. The minimum Gasteiger partial charge on any atom is -0.390 e. The Kier molecular flexibility index (Phi) is 4.78. The van der Waals surface area contributed by atoms with Crippen LogP contribution in [-0.2, 0) is 16.1 Å². The van der Waals surface area contributed by atoms with Crippen LogP contribution in [0.1, 0.15) is 38.5 Å². The summed E-state index contributed by atoms with van der Waals surface area (Å²) < 4.78 is 7.73. The minimum atomic E-state index is -0.399. The molecule has 6 nitrogen and oxygen atoms in total. The molecule has 0 aliphatic carbocycles. The smallest absolute Gasteiger partial charge is 0.222 e. The molecule has 22 heavy (non-hydrogen) atoms. The molecular formula is C16H25N3O3. The second-order valence-electron chi connectivity index (χ2n) is 6.32. The number of ether oxygens (including phenoxy) is 1. The van der Waals surface area contributed by atoms with Crippen LogP contribution in [0, 0.1) is 0 Å². The number of hydrogen-bond donors (Lipinski definition) is 1. The Hall–Kier alpha value is -1.40. The highest BCUT2D eigenvalue weighted by Gasteiger charge is 2.44. The molecule has 0 radical (unpaired) electrons. The first kappa shape index (κ1) is 15.5. The van der Waals surface area contributed by atoms with E-state index in [0.29, 0.717) is 19.5 Å². The van der Waals surface area contributed by atoms with E-state index >= 15 is 0 Å². The highest BCUT2D eigenvalue weighted by Crippen LogP contribution is 2.35. The number of hydrogen-bond acceptors (Lipinski definition) is 4. The van der Waals surface area contributed by atoms with E-state index in [-0.39, 0.29) is 12.0 Å². The molecule has 0 saturated carbocycles. The lowest BCUT2D eigenvalue weighted by Crippen LogP contribution is -2.56. The fourth-order valence-corrected chi connectivity index (χ4v) is 3.51. The fourth-order valence-electron chi connectivity index (χ4n) is 3.51. The van der Waals surface area contributed by atoms with Gasteiger partial charge in [-0.1, -0.05) is 0 Å². The molecular weight excluding hydrogens is 282 g/mol. The number of carbonyl (C=O) groups is 1. The Balaban J connectivity index is 1.43. The largest absolute Gasteiger partial charge is 0.390 e. The minimum absolute atomic E-state index is 0.201. The van der Waals surface area contributed by atoms with Crippen molar-refractivity contribution in [1.82, 2.24) is 14.7 Å². The van der Waals surface area contributed by atoms with Gasteiger partial charge >= 0.3 is 0 Å². The lowest BCUT2D eigenvalue weighted by Gasteiger charge is -2.46. The number of rotatable bonds is 4. The summed E-state index contributed by atoms with van der Waals surface area (Å²) in [5.41, 5.74) is -0.399. The molecule has 2 fully saturated rings. The second kappa shape index (κ2) is 6.79. The maximum Gasteiger partial charge on any atom is 0.222 e. The maximum absolute atomic E-state index is 12.3. The van der Waals surface area contributed by atoms with Crippen LogP contribution in [0.4, 0.5) is 0 Å². The molecule has 122 valence electrons. The molecule has 3 rings (SSSR count). The number of aryl methyl sites for hydroxylation is 1. The Morgan fingerprint density at radius 3 is 2.91 bits per heavy atom. The van der Waals surface area contributed by atoms with E-state index in [1.165, 1.54) is 0 Å². The van der Waals surface area contributed by atoms with Gasteiger partial charge in [-0.25, -0.2) is 0 Å². The molecule has 2 saturated heterocycles.